The van der Waals surface area contributed by atoms with E-state index < -0.39 is 11.7 Å². The van der Waals surface area contributed by atoms with Crippen LogP contribution in [0.15, 0.2) is 0 Å². The second-order valence-corrected chi connectivity index (χ2v) is 5.91. The normalized spacial score (nSPS) is 11.1. The lowest BCUT2D eigenvalue weighted by atomic mass is 10.2. The second-order valence-electron chi connectivity index (χ2n) is 5.91. The van der Waals surface area contributed by atoms with Crippen molar-refractivity contribution in [3.8, 4) is 0 Å². The van der Waals surface area contributed by atoms with Gasteiger partial charge >= 0.3 is 6.09 Å². The first-order valence-electron chi connectivity index (χ1n) is 7.54. The number of alkyl carbamates (subject to hydrolysis) is 1. The third-order valence-corrected chi connectivity index (χ3v) is 2.58. The zero-order chi connectivity index (χ0) is 15.6. The number of ether oxygens (including phenoxy) is 1. The zero-order valence-electron chi connectivity index (χ0n) is 13.6. The van der Waals surface area contributed by atoms with E-state index in [-0.39, 0.29) is 5.91 Å². The Balaban J connectivity index is 3.87. The number of nitrogens with zero attached hydrogens (tertiary/aromatic N) is 1. The number of amides is 2. The highest BCUT2D eigenvalue weighted by atomic mass is 16.6. The van der Waals surface area contributed by atoms with Crippen molar-refractivity contribution in [3.05, 3.63) is 0 Å². The van der Waals surface area contributed by atoms with Gasteiger partial charge in [0.1, 0.15) is 5.60 Å². The van der Waals surface area contributed by atoms with E-state index in [9.17, 15) is 9.59 Å². The molecule has 0 saturated carbocycles. The van der Waals surface area contributed by atoms with Gasteiger partial charge < -0.3 is 15.0 Å². The minimum atomic E-state index is -0.487. The number of rotatable bonds is 8. The summed E-state index contributed by atoms with van der Waals surface area (Å²) in [6.07, 6.45) is 2.63. The van der Waals surface area contributed by atoms with Crippen LogP contribution in [-0.4, -0.2) is 42.1 Å². The van der Waals surface area contributed by atoms with Gasteiger partial charge in [0.25, 0.3) is 0 Å². The lowest BCUT2D eigenvalue weighted by Gasteiger charge is -2.22. The molecule has 20 heavy (non-hydrogen) atoms. The molecule has 0 fully saturated rings. The average molecular weight is 286 g/mol. The quantitative estimate of drug-likeness (QED) is 0.698. The minimum absolute atomic E-state index is 0.166. The van der Waals surface area contributed by atoms with Crippen molar-refractivity contribution in [1.82, 2.24) is 10.2 Å². The van der Waals surface area contributed by atoms with E-state index in [1.54, 1.807) is 0 Å². The lowest BCUT2D eigenvalue weighted by molar-refractivity contribution is -0.131. The Morgan fingerprint density at radius 2 is 1.65 bits per heavy atom. The molecule has 0 spiro atoms. The Bertz CT molecular complexity index is 292. The molecule has 0 aromatic heterocycles. The van der Waals surface area contributed by atoms with Crippen LogP contribution in [0.25, 0.3) is 0 Å². The summed E-state index contributed by atoms with van der Waals surface area (Å²) in [5.41, 5.74) is -0.487. The number of hydrogen-bond acceptors (Lipinski definition) is 3. The third kappa shape index (κ3) is 9.64. The Morgan fingerprint density at radius 1 is 1.10 bits per heavy atom. The summed E-state index contributed by atoms with van der Waals surface area (Å²) in [5, 5.41) is 2.67. The maximum absolute atomic E-state index is 12.0. The Kier molecular flexibility index (Phi) is 9.01. The van der Waals surface area contributed by atoms with Crippen molar-refractivity contribution in [2.75, 3.05) is 19.6 Å². The smallest absolute Gasteiger partial charge is 0.407 e. The highest BCUT2D eigenvalue weighted by molar-refractivity contribution is 5.76. The number of nitrogens with one attached hydrogen (secondary N) is 1. The van der Waals surface area contributed by atoms with E-state index in [1.807, 2.05) is 25.7 Å². The summed E-state index contributed by atoms with van der Waals surface area (Å²) in [5.74, 6) is 0.166. The van der Waals surface area contributed by atoms with Gasteiger partial charge in [0, 0.05) is 26.1 Å². The minimum Gasteiger partial charge on any atom is -0.444 e. The summed E-state index contributed by atoms with van der Waals surface area (Å²) >= 11 is 0. The van der Waals surface area contributed by atoms with Crippen molar-refractivity contribution in [2.45, 2.75) is 65.9 Å². The van der Waals surface area contributed by atoms with Crippen molar-refractivity contribution < 1.29 is 14.3 Å². The molecule has 0 heterocycles. The van der Waals surface area contributed by atoms with E-state index >= 15 is 0 Å². The van der Waals surface area contributed by atoms with Crippen LogP contribution in [-0.2, 0) is 9.53 Å². The number of carbonyl (C=O) groups excluding carboxylic acids is 2. The molecular weight excluding hydrogens is 256 g/mol. The van der Waals surface area contributed by atoms with Gasteiger partial charge in [-0.3, -0.25) is 4.79 Å². The predicted molar refractivity (Wildman–Crippen MR) is 80.6 cm³/mol. The molecule has 0 rings (SSSR count). The van der Waals surface area contributed by atoms with Crippen LogP contribution in [0.3, 0.4) is 0 Å². The van der Waals surface area contributed by atoms with Crippen LogP contribution in [0.2, 0.25) is 0 Å². The van der Waals surface area contributed by atoms with Crippen LogP contribution in [0, 0.1) is 0 Å². The van der Waals surface area contributed by atoms with E-state index in [2.05, 4.69) is 19.2 Å². The lowest BCUT2D eigenvalue weighted by Crippen LogP contribution is -2.35. The molecule has 5 heteroatoms. The van der Waals surface area contributed by atoms with E-state index in [0.717, 1.165) is 25.9 Å². The topological polar surface area (TPSA) is 58.6 Å². The molecule has 0 atom stereocenters. The fourth-order valence-electron chi connectivity index (χ4n) is 1.80. The van der Waals surface area contributed by atoms with Crippen LogP contribution < -0.4 is 5.32 Å². The molecule has 2 amide bonds. The van der Waals surface area contributed by atoms with Crippen LogP contribution in [0.4, 0.5) is 4.79 Å². The molecule has 0 aromatic carbocycles. The largest absolute Gasteiger partial charge is 0.444 e. The summed E-state index contributed by atoms with van der Waals surface area (Å²) in [6.45, 7) is 11.7. The van der Waals surface area contributed by atoms with Crippen LogP contribution >= 0.6 is 0 Å². The van der Waals surface area contributed by atoms with Crippen LogP contribution in [0.1, 0.15) is 60.3 Å². The highest BCUT2D eigenvalue weighted by Gasteiger charge is 2.16. The van der Waals surface area contributed by atoms with Gasteiger partial charge in [-0.1, -0.05) is 13.8 Å². The summed E-state index contributed by atoms with van der Waals surface area (Å²) in [4.78, 5) is 25.3. The first kappa shape index (κ1) is 18.7. The van der Waals surface area contributed by atoms with Gasteiger partial charge in [0.05, 0.1) is 0 Å². The molecule has 0 unspecified atom stereocenters. The molecule has 0 bridgehead atoms. The number of hydrogen-bond donors (Lipinski definition) is 1. The SMILES string of the molecule is CCCN(CCC)C(=O)CCCNC(=O)OC(C)(C)C. The Morgan fingerprint density at radius 3 is 2.10 bits per heavy atom. The summed E-state index contributed by atoms with van der Waals surface area (Å²) in [7, 11) is 0. The zero-order valence-corrected chi connectivity index (χ0v) is 13.6. The molecule has 0 aliphatic carbocycles. The Labute approximate surface area is 123 Å². The second kappa shape index (κ2) is 9.61. The van der Waals surface area contributed by atoms with Gasteiger partial charge in [-0.2, -0.15) is 0 Å². The van der Waals surface area contributed by atoms with Gasteiger partial charge in [-0.15, -0.1) is 0 Å². The van der Waals surface area contributed by atoms with Crippen molar-refractivity contribution in [1.29, 1.82) is 0 Å². The fraction of sp³-hybridized carbons (Fsp3) is 0.867. The molecule has 0 saturated heterocycles. The monoisotopic (exact) mass is 286 g/mol. The molecule has 1 N–H and O–H groups in total. The molecule has 118 valence electrons. The molecule has 5 nitrogen and oxygen atoms in total. The third-order valence-electron chi connectivity index (χ3n) is 2.58. The fourth-order valence-corrected chi connectivity index (χ4v) is 1.80. The molecular formula is C15H30N2O3. The van der Waals surface area contributed by atoms with Crippen molar-refractivity contribution >= 4 is 12.0 Å². The highest BCUT2D eigenvalue weighted by Crippen LogP contribution is 2.06. The first-order valence-corrected chi connectivity index (χ1v) is 7.54. The predicted octanol–water partition coefficient (Wildman–Crippen LogP) is 2.94. The molecule has 0 aliphatic heterocycles. The van der Waals surface area contributed by atoms with Gasteiger partial charge in [-0.25, -0.2) is 4.79 Å². The average Bonchev–Trinajstić information content (AvgIpc) is 2.32. The summed E-state index contributed by atoms with van der Waals surface area (Å²) < 4.78 is 5.12. The van der Waals surface area contributed by atoms with Gasteiger partial charge in [0.15, 0.2) is 0 Å². The maximum atomic E-state index is 12.0. The maximum Gasteiger partial charge on any atom is 0.407 e. The van der Waals surface area contributed by atoms with Crippen molar-refractivity contribution in [3.63, 3.8) is 0 Å². The standard InChI is InChI=1S/C15H30N2O3/c1-6-11-17(12-7-2)13(18)9-8-10-16-14(19)20-15(3,4)5/h6-12H2,1-5H3,(H,16,19). The Hall–Kier alpha value is -1.26. The van der Waals surface area contributed by atoms with Gasteiger partial charge in [-0.05, 0) is 40.0 Å². The van der Waals surface area contributed by atoms with Crippen LogP contribution in [0.5, 0.6) is 0 Å². The first-order chi connectivity index (χ1) is 9.30. The van der Waals surface area contributed by atoms with Crippen molar-refractivity contribution in [2.24, 2.45) is 0 Å². The van der Waals surface area contributed by atoms with E-state index in [4.69, 9.17) is 4.74 Å². The summed E-state index contributed by atoms with van der Waals surface area (Å²) in [6, 6.07) is 0. The van der Waals surface area contributed by atoms with Gasteiger partial charge in [0.2, 0.25) is 5.91 Å². The van der Waals surface area contributed by atoms with E-state index in [1.165, 1.54) is 0 Å². The molecule has 0 aliphatic rings. The molecule has 0 aromatic rings. The molecule has 0 radical (unpaired) electrons. The van der Waals surface area contributed by atoms with E-state index in [0.29, 0.717) is 19.4 Å². The number of carbonyl (C=O) groups is 2.